The Morgan fingerprint density at radius 1 is 1.35 bits per heavy atom. The average Bonchev–Trinajstić information content (AvgIpc) is 2.38. The van der Waals surface area contributed by atoms with E-state index in [1.54, 1.807) is 6.92 Å². The van der Waals surface area contributed by atoms with E-state index in [0.717, 1.165) is 19.0 Å². The monoisotopic (exact) mass is 290 g/mol. The van der Waals surface area contributed by atoms with E-state index in [4.69, 9.17) is 4.74 Å². The molecule has 0 radical (unpaired) electrons. The van der Waals surface area contributed by atoms with Crippen molar-refractivity contribution in [3.8, 4) is 5.88 Å². The van der Waals surface area contributed by atoms with Crippen LogP contribution in [0.5, 0.6) is 5.88 Å². The van der Waals surface area contributed by atoms with E-state index in [-0.39, 0.29) is 18.0 Å². The number of rotatable bonds is 6. The molecule has 0 spiro atoms. The third-order valence-electron chi connectivity index (χ3n) is 3.40. The van der Waals surface area contributed by atoms with Gasteiger partial charge < -0.3 is 9.64 Å². The van der Waals surface area contributed by atoms with Gasteiger partial charge in [0.05, 0.1) is 0 Å². The van der Waals surface area contributed by atoms with Crippen molar-refractivity contribution in [3.63, 3.8) is 0 Å². The van der Waals surface area contributed by atoms with Crippen LogP contribution < -0.4 is 4.74 Å². The SMILES string of the molecule is CCC(C(C)Oc1ncccc1C(F)(F)F)N(C)CC. The van der Waals surface area contributed by atoms with Crippen LogP contribution in [0.4, 0.5) is 13.2 Å². The molecule has 6 heteroatoms. The highest BCUT2D eigenvalue weighted by atomic mass is 19.4. The Morgan fingerprint density at radius 3 is 2.50 bits per heavy atom. The minimum absolute atomic E-state index is 0.0445. The van der Waals surface area contributed by atoms with Crippen LogP contribution in [0.25, 0.3) is 0 Å². The molecule has 0 N–H and O–H groups in total. The number of ether oxygens (including phenoxy) is 1. The summed E-state index contributed by atoms with van der Waals surface area (Å²) in [6.45, 7) is 6.56. The Labute approximate surface area is 117 Å². The van der Waals surface area contributed by atoms with Crippen molar-refractivity contribution in [2.45, 2.75) is 45.5 Å². The highest BCUT2D eigenvalue weighted by Crippen LogP contribution is 2.35. The molecule has 0 bridgehead atoms. The van der Waals surface area contributed by atoms with Gasteiger partial charge in [-0.15, -0.1) is 0 Å². The Kier molecular flexibility index (Phi) is 5.80. The molecular weight excluding hydrogens is 269 g/mol. The summed E-state index contributed by atoms with van der Waals surface area (Å²) in [4.78, 5) is 5.78. The molecule has 0 saturated carbocycles. The van der Waals surface area contributed by atoms with E-state index in [0.29, 0.717) is 0 Å². The van der Waals surface area contributed by atoms with E-state index < -0.39 is 11.7 Å². The van der Waals surface area contributed by atoms with Crippen LogP contribution in [0.15, 0.2) is 18.3 Å². The van der Waals surface area contributed by atoms with Crippen molar-refractivity contribution in [2.75, 3.05) is 13.6 Å². The molecule has 20 heavy (non-hydrogen) atoms. The maximum atomic E-state index is 12.9. The second kappa shape index (κ2) is 6.92. The zero-order valence-corrected chi connectivity index (χ0v) is 12.2. The number of nitrogens with zero attached hydrogens (tertiary/aromatic N) is 2. The lowest BCUT2D eigenvalue weighted by molar-refractivity contribution is -0.139. The Balaban J connectivity index is 2.93. The van der Waals surface area contributed by atoms with Crippen molar-refractivity contribution in [1.29, 1.82) is 0 Å². The molecule has 0 saturated heterocycles. The second-order valence-electron chi connectivity index (χ2n) is 4.73. The molecular formula is C14H21F3N2O. The summed E-state index contributed by atoms with van der Waals surface area (Å²) in [5.41, 5.74) is -0.833. The lowest BCUT2D eigenvalue weighted by atomic mass is 10.1. The maximum absolute atomic E-state index is 12.9. The van der Waals surface area contributed by atoms with Gasteiger partial charge in [0, 0.05) is 12.2 Å². The first-order valence-electron chi connectivity index (χ1n) is 6.70. The van der Waals surface area contributed by atoms with Crippen LogP contribution in [0.1, 0.15) is 32.8 Å². The van der Waals surface area contributed by atoms with Gasteiger partial charge in [-0.05, 0) is 39.1 Å². The van der Waals surface area contributed by atoms with E-state index in [9.17, 15) is 13.2 Å². The zero-order chi connectivity index (χ0) is 15.3. The molecule has 1 aromatic heterocycles. The van der Waals surface area contributed by atoms with Gasteiger partial charge in [0.1, 0.15) is 11.7 Å². The van der Waals surface area contributed by atoms with E-state index in [1.807, 2.05) is 20.9 Å². The van der Waals surface area contributed by atoms with Crippen molar-refractivity contribution >= 4 is 0 Å². The van der Waals surface area contributed by atoms with Gasteiger partial charge in [0.15, 0.2) is 0 Å². The van der Waals surface area contributed by atoms with Gasteiger partial charge in [-0.3, -0.25) is 0 Å². The molecule has 0 aliphatic heterocycles. The number of hydrogen-bond acceptors (Lipinski definition) is 3. The van der Waals surface area contributed by atoms with Crippen LogP contribution in [0.3, 0.4) is 0 Å². The van der Waals surface area contributed by atoms with Crippen molar-refractivity contribution in [3.05, 3.63) is 23.9 Å². The molecule has 1 aromatic rings. The Bertz CT molecular complexity index is 423. The summed E-state index contributed by atoms with van der Waals surface area (Å²) in [5.74, 6) is -0.351. The molecule has 2 atom stereocenters. The Morgan fingerprint density at radius 2 is 2.00 bits per heavy atom. The summed E-state index contributed by atoms with van der Waals surface area (Å²) < 4.78 is 44.1. The largest absolute Gasteiger partial charge is 0.473 e. The highest BCUT2D eigenvalue weighted by Gasteiger charge is 2.36. The van der Waals surface area contributed by atoms with Crippen LogP contribution >= 0.6 is 0 Å². The third-order valence-corrected chi connectivity index (χ3v) is 3.40. The summed E-state index contributed by atoms with van der Waals surface area (Å²) in [5, 5.41) is 0. The Hall–Kier alpha value is -1.30. The van der Waals surface area contributed by atoms with Gasteiger partial charge in [0.25, 0.3) is 0 Å². The fourth-order valence-electron chi connectivity index (χ4n) is 2.19. The summed E-state index contributed by atoms with van der Waals surface area (Å²) in [6.07, 6.45) is -2.73. The van der Waals surface area contributed by atoms with E-state index >= 15 is 0 Å². The van der Waals surface area contributed by atoms with E-state index in [2.05, 4.69) is 9.88 Å². The summed E-state index contributed by atoms with van der Waals surface area (Å²) in [6, 6.07) is 2.29. The maximum Gasteiger partial charge on any atom is 0.421 e. The van der Waals surface area contributed by atoms with Gasteiger partial charge in [0.2, 0.25) is 5.88 Å². The molecule has 0 fully saturated rings. The van der Waals surface area contributed by atoms with Crippen molar-refractivity contribution < 1.29 is 17.9 Å². The summed E-state index contributed by atoms with van der Waals surface area (Å²) >= 11 is 0. The molecule has 0 aliphatic carbocycles. The van der Waals surface area contributed by atoms with Gasteiger partial charge in [-0.1, -0.05) is 13.8 Å². The van der Waals surface area contributed by atoms with Gasteiger partial charge in [-0.25, -0.2) is 4.98 Å². The van der Waals surface area contributed by atoms with E-state index in [1.165, 1.54) is 12.3 Å². The number of hydrogen-bond donors (Lipinski definition) is 0. The lowest BCUT2D eigenvalue weighted by Gasteiger charge is -2.31. The molecule has 0 aliphatic rings. The van der Waals surface area contributed by atoms with Crippen LogP contribution in [-0.2, 0) is 6.18 Å². The molecule has 1 heterocycles. The fourth-order valence-corrected chi connectivity index (χ4v) is 2.19. The quantitative estimate of drug-likeness (QED) is 0.800. The number of aromatic nitrogens is 1. The normalized spacial score (nSPS) is 15.2. The zero-order valence-electron chi connectivity index (χ0n) is 12.2. The van der Waals surface area contributed by atoms with Crippen molar-refractivity contribution in [1.82, 2.24) is 9.88 Å². The number of halogens is 3. The highest BCUT2D eigenvalue weighted by molar-refractivity contribution is 5.28. The molecule has 2 unspecified atom stereocenters. The first kappa shape index (κ1) is 16.8. The molecule has 0 aromatic carbocycles. The minimum atomic E-state index is -4.46. The van der Waals surface area contributed by atoms with Gasteiger partial charge >= 0.3 is 6.18 Å². The molecule has 3 nitrogen and oxygen atoms in total. The molecule has 0 amide bonds. The van der Waals surface area contributed by atoms with Gasteiger partial charge in [-0.2, -0.15) is 13.2 Å². The standard InChI is InChI=1S/C14H21F3N2O/c1-5-12(19(4)6-2)10(3)20-13-11(14(15,16)17)8-7-9-18-13/h7-10,12H,5-6H2,1-4H3. The minimum Gasteiger partial charge on any atom is -0.473 e. The van der Waals surface area contributed by atoms with Crippen molar-refractivity contribution in [2.24, 2.45) is 0 Å². The smallest absolute Gasteiger partial charge is 0.421 e. The number of pyridine rings is 1. The number of alkyl halides is 3. The molecule has 114 valence electrons. The summed E-state index contributed by atoms with van der Waals surface area (Å²) in [7, 11) is 1.93. The first-order chi connectivity index (χ1) is 9.31. The second-order valence-corrected chi connectivity index (χ2v) is 4.73. The third kappa shape index (κ3) is 4.10. The average molecular weight is 290 g/mol. The van der Waals surface area contributed by atoms with Crippen LogP contribution in [0.2, 0.25) is 0 Å². The topological polar surface area (TPSA) is 25.4 Å². The molecule has 1 rings (SSSR count). The van der Waals surface area contributed by atoms with Crippen LogP contribution in [0, 0.1) is 0 Å². The fraction of sp³-hybridized carbons (Fsp3) is 0.643. The lowest BCUT2D eigenvalue weighted by Crippen LogP contribution is -2.42. The van der Waals surface area contributed by atoms with Crippen LogP contribution in [-0.4, -0.2) is 35.6 Å². The predicted molar refractivity (Wildman–Crippen MR) is 71.7 cm³/mol. The number of likely N-dealkylation sites (N-methyl/N-ethyl adjacent to an activating group) is 1. The first-order valence-corrected chi connectivity index (χ1v) is 6.70. The predicted octanol–water partition coefficient (Wildman–Crippen LogP) is 3.60.